The second-order valence-corrected chi connectivity index (χ2v) is 5.32. The molecule has 0 aliphatic heterocycles. The van der Waals surface area contributed by atoms with E-state index >= 15 is 0 Å². The van der Waals surface area contributed by atoms with Crippen molar-refractivity contribution in [2.24, 2.45) is 11.8 Å². The van der Waals surface area contributed by atoms with Crippen LogP contribution in [0.2, 0.25) is 0 Å². The lowest BCUT2D eigenvalue weighted by Crippen LogP contribution is -2.34. The molecular weight excluding hydrogens is 216 g/mol. The van der Waals surface area contributed by atoms with E-state index < -0.39 is 0 Å². The molecule has 0 amide bonds. The Hall–Kier alpha value is -0.830. The standard InChI is InChI=1S/C14H22O3/c1-3-17-14(16)11-6-7-13(15)12-8-9(2)4-5-10(11)12/h9,12-13,15H,3-8H2,1-2H3. The highest BCUT2D eigenvalue weighted by Crippen LogP contribution is 2.42. The predicted octanol–water partition coefficient (Wildman–Crippen LogP) is 2.44. The Morgan fingerprint density at radius 1 is 1.41 bits per heavy atom. The molecular formula is C14H22O3. The summed E-state index contributed by atoms with van der Waals surface area (Å²) in [4.78, 5) is 11.9. The Balaban J connectivity index is 2.23. The maximum absolute atomic E-state index is 11.9. The Morgan fingerprint density at radius 2 is 2.18 bits per heavy atom. The average molecular weight is 238 g/mol. The fraction of sp³-hybridized carbons (Fsp3) is 0.786. The zero-order chi connectivity index (χ0) is 12.4. The summed E-state index contributed by atoms with van der Waals surface area (Å²) < 4.78 is 5.11. The van der Waals surface area contributed by atoms with Crippen LogP contribution >= 0.6 is 0 Å². The molecule has 17 heavy (non-hydrogen) atoms. The van der Waals surface area contributed by atoms with Crippen LogP contribution in [0, 0.1) is 11.8 Å². The third kappa shape index (κ3) is 2.54. The van der Waals surface area contributed by atoms with Gasteiger partial charge in [-0.1, -0.05) is 12.5 Å². The van der Waals surface area contributed by atoms with E-state index in [2.05, 4.69) is 6.92 Å². The molecule has 3 nitrogen and oxygen atoms in total. The molecule has 1 fully saturated rings. The van der Waals surface area contributed by atoms with Crippen molar-refractivity contribution in [2.75, 3.05) is 6.61 Å². The van der Waals surface area contributed by atoms with Gasteiger partial charge in [-0.15, -0.1) is 0 Å². The van der Waals surface area contributed by atoms with E-state index in [1.807, 2.05) is 6.92 Å². The van der Waals surface area contributed by atoms with Gasteiger partial charge in [0.1, 0.15) is 0 Å². The van der Waals surface area contributed by atoms with Crippen molar-refractivity contribution < 1.29 is 14.6 Å². The van der Waals surface area contributed by atoms with Crippen molar-refractivity contribution in [1.82, 2.24) is 0 Å². The molecule has 2 aliphatic carbocycles. The number of fused-ring (bicyclic) bond motifs is 1. The molecule has 0 aromatic carbocycles. The summed E-state index contributed by atoms with van der Waals surface area (Å²) in [6, 6.07) is 0. The van der Waals surface area contributed by atoms with Crippen LogP contribution in [0.3, 0.4) is 0 Å². The van der Waals surface area contributed by atoms with Crippen LogP contribution < -0.4 is 0 Å². The summed E-state index contributed by atoms with van der Waals surface area (Å²) in [5.41, 5.74) is 2.04. The summed E-state index contributed by atoms with van der Waals surface area (Å²) in [6.45, 7) is 4.49. The first-order valence-electron chi connectivity index (χ1n) is 6.70. The summed E-state index contributed by atoms with van der Waals surface area (Å²) >= 11 is 0. The van der Waals surface area contributed by atoms with Gasteiger partial charge in [-0.25, -0.2) is 4.79 Å². The quantitative estimate of drug-likeness (QED) is 0.752. The highest BCUT2D eigenvalue weighted by atomic mass is 16.5. The Kier molecular flexibility index (Phi) is 3.87. The van der Waals surface area contributed by atoms with E-state index in [0.29, 0.717) is 25.4 Å². The third-order valence-electron chi connectivity index (χ3n) is 4.07. The third-order valence-corrected chi connectivity index (χ3v) is 4.07. The van der Waals surface area contributed by atoms with Crippen molar-refractivity contribution in [1.29, 1.82) is 0 Å². The molecule has 0 radical (unpaired) electrons. The SMILES string of the molecule is CCOC(=O)C1=C2CCC(C)CC2C(O)CC1. The molecule has 0 saturated heterocycles. The van der Waals surface area contributed by atoms with Crippen molar-refractivity contribution in [2.45, 2.75) is 52.1 Å². The van der Waals surface area contributed by atoms with Crippen molar-refractivity contribution >= 4 is 5.97 Å². The number of aliphatic hydroxyl groups excluding tert-OH is 1. The average Bonchev–Trinajstić information content (AvgIpc) is 2.30. The molecule has 3 heteroatoms. The topological polar surface area (TPSA) is 46.5 Å². The highest BCUT2D eigenvalue weighted by Gasteiger charge is 2.36. The van der Waals surface area contributed by atoms with Gasteiger partial charge in [-0.05, 0) is 44.9 Å². The first kappa shape index (κ1) is 12.6. The monoisotopic (exact) mass is 238 g/mol. The Labute approximate surface area is 103 Å². The summed E-state index contributed by atoms with van der Waals surface area (Å²) in [5, 5.41) is 10.1. The predicted molar refractivity (Wildman–Crippen MR) is 65.4 cm³/mol. The summed E-state index contributed by atoms with van der Waals surface area (Å²) in [7, 11) is 0. The molecule has 3 unspecified atom stereocenters. The van der Waals surface area contributed by atoms with Crippen molar-refractivity contribution in [3.05, 3.63) is 11.1 Å². The molecule has 1 saturated carbocycles. The molecule has 0 spiro atoms. The number of carbonyl (C=O) groups excluding carboxylic acids is 1. The van der Waals surface area contributed by atoms with Crippen LogP contribution in [-0.4, -0.2) is 23.8 Å². The van der Waals surface area contributed by atoms with Crippen LogP contribution in [0.5, 0.6) is 0 Å². The number of ether oxygens (including phenoxy) is 1. The molecule has 96 valence electrons. The molecule has 0 heterocycles. The van der Waals surface area contributed by atoms with E-state index in [0.717, 1.165) is 24.8 Å². The normalized spacial score (nSPS) is 33.2. The van der Waals surface area contributed by atoms with Gasteiger partial charge in [-0.3, -0.25) is 0 Å². The zero-order valence-corrected chi connectivity index (χ0v) is 10.7. The van der Waals surface area contributed by atoms with Gasteiger partial charge in [0.05, 0.1) is 12.7 Å². The first-order chi connectivity index (χ1) is 8.13. The summed E-state index contributed by atoms with van der Waals surface area (Å²) in [6.07, 6.45) is 4.22. The summed E-state index contributed by atoms with van der Waals surface area (Å²) in [5.74, 6) is 0.695. The van der Waals surface area contributed by atoms with Gasteiger partial charge < -0.3 is 9.84 Å². The minimum atomic E-state index is -0.258. The van der Waals surface area contributed by atoms with E-state index in [9.17, 15) is 9.90 Å². The van der Waals surface area contributed by atoms with E-state index in [4.69, 9.17) is 4.74 Å². The van der Waals surface area contributed by atoms with Gasteiger partial charge in [-0.2, -0.15) is 0 Å². The molecule has 1 N–H and O–H groups in total. The Bertz CT molecular complexity index is 332. The number of hydrogen-bond donors (Lipinski definition) is 1. The molecule has 0 aromatic heterocycles. The lowest BCUT2D eigenvalue weighted by Gasteiger charge is -2.37. The maximum Gasteiger partial charge on any atom is 0.333 e. The van der Waals surface area contributed by atoms with Crippen molar-refractivity contribution in [3.63, 3.8) is 0 Å². The van der Waals surface area contributed by atoms with Crippen molar-refractivity contribution in [3.8, 4) is 0 Å². The smallest absolute Gasteiger partial charge is 0.333 e. The second-order valence-electron chi connectivity index (χ2n) is 5.32. The maximum atomic E-state index is 11.9. The van der Waals surface area contributed by atoms with Gasteiger partial charge in [0.2, 0.25) is 0 Å². The number of rotatable bonds is 2. The second kappa shape index (κ2) is 5.21. The fourth-order valence-electron chi connectivity index (χ4n) is 3.15. The van der Waals surface area contributed by atoms with E-state index in [1.165, 1.54) is 5.57 Å². The number of hydrogen-bond acceptors (Lipinski definition) is 3. The molecule has 2 aliphatic rings. The largest absolute Gasteiger partial charge is 0.463 e. The molecule has 0 aromatic rings. The van der Waals surface area contributed by atoms with Gasteiger partial charge in [0, 0.05) is 11.5 Å². The number of carbonyl (C=O) groups is 1. The Morgan fingerprint density at radius 3 is 2.88 bits per heavy atom. The first-order valence-corrected chi connectivity index (χ1v) is 6.70. The van der Waals surface area contributed by atoms with E-state index in [1.54, 1.807) is 0 Å². The lowest BCUT2D eigenvalue weighted by molar-refractivity contribution is -0.139. The van der Waals surface area contributed by atoms with E-state index in [-0.39, 0.29) is 18.0 Å². The minimum absolute atomic E-state index is 0.158. The van der Waals surface area contributed by atoms with Crippen LogP contribution in [0.25, 0.3) is 0 Å². The number of esters is 1. The molecule has 3 atom stereocenters. The molecule has 0 bridgehead atoms. The van der Waals surface area contributed by atoms with Crippen LogP contribution in [0.1, 0.15) is 46.0 Å². The van der Waals surface area contributed by atoms with Crippen LogP contribution in [0.4, 0.5) is 0 Å². The van der Waals surface area contributed by atoms with Crippen LogP contribution in [0.15, 0.2) is 11.1 Å². The fourth-order valence-corrected chi connectivity index (χ4v) is 3.15. The van der Waals surface area contributed by atoms with Gasteiger partial charge in [0.25, 0.3) is 0 Å². The zero-order valence-electron chi connectivity index (χ0n) is 10.7. The van der Waals surface area contributed by atoms with Gasteiger partial charge in [0.15, 0.2) is 0 Å². The van der Waals surface area contributed by atoms with Crippen LogP contribution in [-0.2, 0) is 9.53 Å². The lowest BCUT2D eigenvalue weighted by atomic mass is 9.70. The highest BCUT2D eigenvalue weighted by molar-refractivity contribution is 5.89. The number of aliphatic hydroxyl groups is 1. The minimum Gasteiger partial charge on any atom is -0.463 e. The van der Waals surface area contributed by atoms with Gasteiger partial charge >= 0.3 is 5.97 Å². The molecule has 2 rings (SSSR count).